The van der Waals surface area contributed by atoms with Gasteiger partial charge >= 0.3 is 0 Å². The molecule has 1 N–H and O–H groups in total. The molecule has 0 spiro atoms. The van der Waals surface area contributed by atoms with E-state index in [0.717, 1.165) is 18.2 Å². The van der Waals surface area contributed by atoms with Crippen LogP contribution < -0.4 is 0 Å². The van der Waals surface area contributed by atoms with Crippen molar-refractivity contribution >= 4 is 11.3 Å². The monoisotopic (exact) mass is 277 g/mol. The molecule has 2 heterocycles. The molecule has 1 unspecified atom stereocenters. The molecule has 0 bridgehead atoms. The highest BCUT2D eigenvalue weighted by Crippen LogP contribution is 2.24. The van der Waals surface area contributed by atoms with Crippen LogP contribution >= 0.6 is 11.3 Å². The van der Waals surface area contributed by atoms with Gasteiger partial charge in [-0.1, -0.05) is 31.6 Å². The number of aliphatic hydroxyl groups is 1. The van der Waals surface area contributed by atoms with Crippen LogP contribution in [0.3, 0.4) is 0 Å². The second-order valence-electron chi connectivity index (χ2n) is 5.10. The Balaban J connectivity index is 2.08. The van der Waals surface area contributed by atoms with Gasteiger partial charge in [-0.2, -0.15) is 0 Å². The van der Waals surface area contributed by atoms with Crippen LogP contribution in [-0.4, -0.2) is 29.2 Å². The number of thiophene rings is 1. The van der Waals surface area contributed by atoms with Crippen LogP contribution in [0.1, 0.15) is 49.5 Å². The zero-order chi connectivity index (χ0) is 13.5. The van der Waals surface area contributed by atoms with Crippen molar-refractivity contribution in [1.82, 2.24) is 4.90 Å². The Kier molecular flexibility index (Phi) is 5.91. The fourth-order valence-electron chi connectivity index (χ4n) is 2.80. The molecule has 3 heteroatoms. The van der Waals surface area contributed by atoms with Gasteiger partial charge in [0.2, 0.25) is 0 Å². The Hall–Kier alpha value is -0.820. The van der Waals surface area contributed by atoms with Crippen molar-refractivity contribution in [1.29, 1.82) is 0 Å². The summed E-state index contributed by atoms with van der Waals surface area (Å²) in [4.78, 5) is 3.98. The lowest BCUT2D eigenvalue weighted by molar-refractivity contribution is 0.187. The zero-order valence-electron chi connectivity index (χ0n) is 11.7. The van der Waals surface area contributed by atoms with E-state index in [1.807, 2.05) is 0 Å². The molecule has 1 aliphatic rings. The molecular weight excluding hydrogens is 254 g/mol. The van der Waals surface area contributed by atoms with Gasteiger partial charge in [-0.3, -0.25) is 4.90 Å². The molecular formula is C16H23NOS. The van der Waals surface area contributed by atoms with E-state index in [2.05, 4.69) is 35.1 Å². The van der Waals surface area contributed by atoms with Crippen LogP contribution in [0.25, 0.3) is 0 Å². The third kappa shape index (κ3) is 4.07. The van der Waals surface area contributed by atoms with Gasteiger partial charge in [0.25, 0.3) is 0 Å². The molecule has 0 saturated carbocycles. The summed E-state index contributed by atoms with van der Waals surface area (Å²) in [7, 11) is 0. The standard InChI is InChI=1S/C16H23NOS/c1-2-15-8-4-3-5-10-17(15)13-16-14(7-6-11-18)9-12-19-16/h9,12,15,18H,2-5,8,10-11,13H2,1H3. The van der Waals surface area contributed by atoms with Crippen LogP contribution in [-0.2, 0) is 6.54 Å². The summed E-state index contributed by atoms with van der Waals surface area (Å²) in [5, 5.41) is 10.9. The molecule has 0 amide bonds. The summed E-state index contributed by atoms with van der Waals surface area (Å²) in [5.74, 6) is 5.82. The number of rotatable bonds is 3. The largest absolute Gasteiger partial charge is 0.384 e. The number of hydrogen-bond donors (Lipinski definition) is 1. The van der Waals surface area contributed by atoms with Gasteiger partial charge in [-0.05, 0) is 37.3 Å². The van der Waals surface area contributed by atoms with Crippen molar-refractivity contribution < 1.29 is 5.11 Å². The molecule has 104 valence electrons. The summed E-state index contributed by atoms with van der Waals surface area (Å²) >= 11 is 1.79. The number of aliphatic hydroxyl groups excluding tert-OH is 1. The molecule has 1 saturated heterocycles. The van der Waals surface area contributed by atoms with Crippen LogP contribution in [0.4, 0.5) is 0 Å². The zero-order valence-corrected chi connectivity index (χ0v) is 12.5. The minimum absolute atomic E-state index is 0.0589. The quantitative estimate of drug-likeness (QED) is 0.857. The smallest absolute Gasteiger partial charge is 0.104 e. The van der Waals surface area contributed by atoms with Gasteiger partial charge < -0.3 is 5.11 Å². The Labute approximate surface area is 120 Å². The number of nitrogens with zero attached hydrogens (tertiary/aromatic N) is 1. The maximum Gasteiger partial charge on any atom is 0.104 e. The van der Waals surface area contributed by atoms with Gasteiger partial charge in [-0.25, -0.2) is 0 Å². The normalized spacial score (nSPS) is 20.6. The first-order valence-electron chi connectivity index (χ1n) is 7.25. The maximum atomic E-state index is 8.81. The van der Waals surface area contributed by atoms with Gasteiger partial charge in [0.1, 0.15) is 6.61 Å². The summed E-state index contributed by atoms with van der Waals surface area (Å²) < 4.78 is 0. The first-order valence-corrected chi connectivity index (χ1v) is 8.13. The molecule has 0 radical (unpaired) electrons. The van der Waals surface area contributed by atoms with E-state index in [0.29, 0.717) is 0 Å². The topological polar surface area (TPSA) is 23.5 Å². The molecule has 0 aromatic carbocycles. The Morgan fingerprint density at radius 3 is 3.11 bits per heavy atom. The van der Waals surface area contributed by atoms with Gasteiger partial charge in [0.05, 0.1) is 0 Å². The fraction of sp³-hybridized carbons (Fsp3) is 0.625. The highest BCUT2D eigenvalue weighted by molar-refractivity contribution is 7.10. The lowest BCUT2D eigenvalue weighted by Crippen LogP contribution is -2.33. The minimum atomic E-state index is -0.0589. The molecule has 2 rings (SSSR count). The third-order valence-corrected chi connectivity index (χ3v) is 4.77. The highest BCUT2D eigenvalue weighted by Gasteiger charge is 2.20. The SMILES string of the molecule is CCC1CCCCCN1Cc1sccc1C#CCO. The summed E-state index contributed by atoms with van der Waals surface area (Å²) in [6.07, 6.45) is 6.63. The van der Waals surface area contributed by atoms with E-state index in [1.165, 1.54) is 43.5 Å². The predicted octanol–water partition coefficient (Wildman–Crippen LogP) is 3.25. The van der Waals surface area contributed by atoms with Crippen molar-refractivity contribution in [2.75, 3.05) is 13.2 Å². The van der Waals surface area contributed by atoms with E-state index >= 15 is 0 Å². The van der Waals surface area contributed by atoms with Crippen LogP contribution in [0.2, 0.25) is 0 Å². The lowest BCUT2D eigenvalue weighted by atomic mass is 10.1. The molecule has 19 heavy (non-hydrogen) atoms. The maximum absolute atomic E-state index is 8.81. The number of likely N-dealkylation sites (tertiary alicyclic amines) is 1. The molecule has 1 fully saturated rings. The van der Waals surface area contributed by atoms with Crippen molar-refractivity contribution in [3.63, 3.8) is 0 Å². The Morgan fingerprint density at radius 1 is 1.42 bits per heavy atom. The number of hydrogen-bond acceptors (Lipinski definition) is 3. The molecule has 1 aromatic rings. The molecule has 1 aliphatic heterocycles. The first-order chi connectivity index (χ1) is 9.35. The van der Waals surface area contributed by atoms with Crippen LogP contribution in [0.5, 0.6) is 0 Å². The van der Waals surface area contributed by atoms with Crippen molar-refractivity contribution in [3.05, 3.63) is 21.9 Å². The predicted molar refractivity (Wildman–Crippen MR) is 81.2 cm³/mol. The van der Waals surface area contributed by atoms with Gasteiger partial charge in [0.15, 0.2) is 0 Å². The van der Waals surface area contributed by atoms with E-state index in [1.54, 1.807) is 11.3 Å². The van der Waals surface area contributed by atoms with Crippen molar-refractivity contribution in [3.8, 4) is 11.8 Å². The lowest BCUT2D eigenvalue weighted by Gasteiger charge is -2.28. The second-order valence-corrected chi connectivity index (χ2v) is 6.10. The molecule has 1 atom stereocenters. The molecule has 2 nitrogen and oxygen atoms in total. The second kappa shape index (κ2) is 7.69. The third-order valence-electron chi connectivity index (χ3n) is 3.86. The van der Waals surface area contributed by atoms with Crippen LogP contribution in [0, 0.1) is 11.8 Å². The summed E-state index contributed by atoms with van der Waals surface area (Å²) in [5.41, 5.74) is 1.10. The average molecular weight is 277 g/mol. The van der Waals surface area contributed by atoms with Crippen molar-refractivity contribution in [2.24, 2.45) is 0 Å². The molecule has 1 aromatic heterocycles. The first kappa shape index (κ1) is 14.6. The molecule has 0 aliphatic carbocycles. The fourth-order valence-corrected chi connectivity index (χ4v) is 3.66. The average Bonchev–Trinajstić information content (AvgIpc) is 2.73. The Bertz CT molecular complexity index is 443. The van der Waals surface area contributed by atoms with Gasteiger partial charge in [0, 0.05) is 23.0 Å². The van der Waals surface area contributed by atoms with E-state index in [9.17, 15) is 0 Å². The summed E-state index contributed by atoms with van der Waals surface area (Å²) in [6.45, 7) is 4.47. The highest BCUT2D eigenvalue weighted by atomic mass is 32.1. The van der Waals surface area contributed by atoms with Gasteiger partial charge in [-0.15, -0.1) is 11.3 Å². The summed E-state index contributed by atoms with van der Waals surface area (Å²) in [6, 6.07) is 2.80. The van der Waals surface area contributed by atoms with Crippen molar-refractivity contribution in [2.45, 2.75) is 51.6 Å². The van der Waals surface area contributed by atoms with Crippen LogP contribution in [0.15, 0.2) is 11.4 Å². The van der Waals surface area contributed by atoms with E-state index in [-0.39, 0.29) is 6.61 Å². The van der Waals surface area contributed by atoms with E-state index < -0.39 is 0 Å². The Morgan fingerprint density at radius 2 is 2.32 bits per heavy atom. The minimum Gasteiger partial charge on any atom is -0.384 e. The van der Waals surface area contributed by atoms with E-state index in [4.69, 9.17) is 5.11 Å².